The van der Waals surface area contributed by atoms with E-state index in [9.17, 15) is 0 Å². The first-order valence-electron chi connectivity index (χ1n) is 4.38. The van der Waals surface area contributed by atoms with Gasteiger partial charge in [-0.3, -0.25) is 0 Å². The summed E-state index contributed by atoms with van der Waals surface area (Å²) in [5.41, 5.74) is 8.02. The number of nitrogens with zero attached hydrogens (tertiary/aromatic N) is 2. The molecular weight excluding hydrogens is 194 g/mol. The topological polar surface area (TPSA) is 51.8 Å². The lowest BCUT2D eigenvalue weighted by Gasteiger charge is -2.01. The summed E-state index contributed by atoms with van der Waals surface area (Å²) in [5, 5.41) is 0.969. The molecule has 0 spiro atoms. The van der Waals surface area contributed by atoms with Crippen molar-refractivity contribution in [3.05, 3.63) is 40.4 Å². The van der Waals surface area contributed by atoms with Crippen molar-refractivity contribution in [2.24, 2.45) is 0 Å². The summed E-state index contributed by atoms with van der Waals surface area (Å²) >= 11 is 1.37. The molecule has 0 aliphatic carbocycles. The number of hydrogen-bond donors (Lipinski definition) is 1. The van der Waals surface area contributed by atoms with Gasteiger partial charge in [-0.2, -0.15) is 4.37 Å². The van der Waals surface area contributed by atoms with Crippen molar-refractivity contribution in [1.29, 1.82) is 0 Å². The minimum absolute atomic E-state index is 0.374. The molecule has 0 fully saturated rings. The smallest absolute Gasteiger partial charge is 0.232 e. The second-order valence-corrected chi connectivity index (χ2v) is 3.99. The molecule has 72 valence electrons. The zero-order valence-corrected chi connectivity index (χ0v) is 8.71. The molecule has 0 unspecified atom stereocenters. The number of aryl methyl sites for hydroxylation is 1. The van der Waals surface area contributed by atoms with Gasteiger partial charge in [0.2, 0.25) is 5.95 Å². The van der Waals surface area contributed by atoms with E-state index in [1.165, 1.54) is 22.7 Å². The Balaban J connectivity index is 2.23. The Kier molecular flexibility index (Phi) is 2.45. The summed E-state index contributed by atoms with van der Waals surface area (Å²) in [6, 6.07) is 8.27. The molecule has 2 aromatic rings. The molecule has 2 N–H and O–H groups in total. The highest BCUT2D eigenvalue weighted by Crippen LogP contribution is 2.15. The third kappa shape index (κ3) is 1.90. The second-order valence-electron chi connectivity index (χ2n) is 3.15. The first-order valence-corrected chi connectivity index (χ1v) is 5.15. The van der Waals surface area contributed by atoms with E-state index in [1.54, 1.807) is 0 Å². The molecular formula is C10H11N3S. The zero-order valence-electron chi connectivity index (χ0n) is 7.90. The normalized spacial score (nSPS) is 10.4. The third-order valence-corrected chi connectivity index (χ3v) is 2.81. The number of rotatable bonds is 2. The van der Waals surface area contributed by atoms with Gasteiger partial charge in [-0.05, 0) is 29.6 Å². The molecule has 4 heteroatoms. The molecule has 0 bridgehead atoms. The number of hydrogen-bond acceptors (Lipinski definition) is 4. The molecule has 0 aliphatic rings. The molecule has 0 saturated heterocycles. The van der Waals surface area contributed by atoms with Gasteiger partial charge in [0.15, 0.2) is 0 Å². The van der Waals surface area contributed by atoms with Crippen LogP contribution in [0.1, 0.15) is 16.1 Å². The first kappa shape index (κ1) is 9.15. The van der Waals surface area contributed by atoms with Crippen molar-refractivity contribution in [2.75, 3.05) is 5.73 Å². The number of benzene rings is 1. The molecule has 3 nitrogen and oxygen atoms in total. The van der Waals surface area contributed by atoms with E-state index in [4.69, 9.17) is 5.73 Å². The second kappa shape index (κ2) is 3.75. The van der Waals surface area contributed by atoms with Gasteiger partial charge in [0.05, 0.1) is 0 Å². The Hall–Kier alpha value is -1.42. The molecule has 1 aromatic heterocycles. The molecule has 1 heterocycles. The van der Waals surface area contributed by atoms with Crippen LogP contribution in [0.4, 0.5) is 5.95 Å². The van der Waals surface area contributed by atoms with Crippen LogP contribution in [-0.2, 0) is 6.42 Å². The van der Waals surface area contributed by atoms with Gasteiger partial charge in [0.25, 0.3) is 0 Å². The van der Waals surface area contributed by atoms with Gasteiger partial charge in [-0.15, -0.1) is 0 Å². The van der Waals surface area contributed by atoms with E-state index in [0.29, 0.717) is 5.95 Å². The molecule has 0 atom stereocenters. The standard InChI is InChI=1S/C10H11N3S/c1-7-4-2-3-5-8(7)6-9-12-10(11)13-14-9/h2-5H,6H2,1H3,(H2,11,13). The van der Waals surface area contributed by atoms with Crippen LogP contribution in [0.25, 0.3) is 0 Å². The van der Waals surface area contributed by atoms with E-state index in [-0.39, 0.29) is 0 Å². The first-order chi connectivity index (χ1) is 6.75. The number of anilines is 1. The predicted molar refractivity (Wildman–Crippen MR) is 58.3 cm³/mol. The SMILES string of the molecule is Cc1ccccc1Cc1nc(N)ns1. The largest absolute Gasteiger partial charge is 0.367 e. The Labute approximate surface area is 86.8 Å². The maximum absolute atomic E-state index is 5.46. The highest BCUT2D eigenvalue weighted by atomic mass is 32.1. The Morgan fingerprint density at radius 3 is 2.79 bits per heavy atom. The van der Waals surface area contributed by atoms with Crippen LogP contribution in [-0.4, -0.2) is 9.36 Å². The maximum Gasteiger partial charge on any atom is 0.232 e. The highest BCUT2D eigenvalue weighted by Gasteiger charge is 2.03. The fraction of sp³-hybridized carbons (Fsp3) is 0.200. The highest BCUT2D eigenvalue weighted by molar-refractivity contribution is 7.05. The van der Waals surface area contributed by atoms with Crippen LogP contribution in [0, 0.1) is 6.92 Å². The Morgan fingerprint density at radius 1 is 1.36 bits per heavy atom. The molecule has 0 radical (unpaired) electrons. The Morgan fingerprint density at radius 2 is 2.14 bits per heavy atom. The molecule has 0 aliphatic heterocycles. The van der Waals surface area contributed by atoms with Crippen molar-refractivity contribution in [2.45, 2.75) is 13.3 Å². The minimum atomic E-state index is 0.374. The Bertz CT molecular complexity index is 436. The molecule has 2 rings (SSSR count). The summed E-state index contributed by atoms with van der Waals surface area (Å²) in [6.45, 7) is 2.10. The third-order valence-electron chi connectivity index (χ3n) is 2.09. The van der Waals surface area contributed by atoms with Gasteiger partial charge >= 0.3 is 0 Å². The van der Waals surface area contributed by atoms with Crippen molar-refractivity contribution < 1.29 is 0 Å². The molecule has 0 amide bonds. The van der Waals surface area contributed by atoms with Crippen molar-refractivity contribution in [3.8, 4) is 0 Å². The summed E-state index contributed by atoms with van der Waals surface area (Å²) < 4.78 is 3.95. The number of nitrogens with two attached hydrogens (primary N) is 1. The lowest BCUT2D eigenvalue weighted by molar-refractivity contribution is 1.11. The van der Waals surface area contributed by atoms with E-state index in [1.807, 2.05) is 12.1 Å². The average molecular weight is 205 g/mol. The van der Waals surface area contributed by atoms with E-state index < -0.39 is 0 Å². The van der Waals surface area contributed by atoms with Crippen molar-refractivity contribution in [1.82, 2.24) is 9.36 Å². The lowest BCUT2D eigenvalue weighted by atomic mass is 10.1. The summed E-state index contributed by atoms with van der Waals surface area (Å²) in [5.74, 6) is 0.374. The maximum atomic E-state index is 5.46. The van der Waals surface area contributed by atoms with Gasteiger partial charge in [0, 0.05) is 6.42 Å². The van der Waals surface area contributed by atoms with Gasteiger partial charge in [0.1, 0.15) is 5.01 Å². The fourth-order valence-electron chi connectivity index (χ4n) is 1.31. The van der Waals surface area contributed by atoms with Crippen LogP contribution in [0.3, 0.4) is 0 Å². The van der Waals surface area contributed by atoms with Crippen LogP contribution in [0.15, 0.2) is 24.3 Å². The number of nitrogen functional groups attached to an aromatic ring is 1. The molecule has 14 heavy (non-hydrogen) atoms. The van der Waals surface area contributed by atoms with Gasteiger partial charge in [-0.1, -0.05) is 24.3 Å². The van der Waals surface area contributed by atoms with E-state index in [0.717, 1.165) is 11.4 Å². The monoisotopic (exact) mass is 205 g/mol. The van der Waals surface area contributed by atoms with Crippen LogP contribution in [0.5, 0.6) is 0 Å². The van der Waals surface area contributed by atoms with E-state index >= 15 is 0 Å². The van der Waals surface area contributed by atoms with Crippen LogP contribution < -0.4 is 5.73 Å². The molecule has 0 saturated carbocycles. The van der Waals surface area contributed by atoms with Crippen LogP contribution in [0.2, 0.25) is 0 Å². The summed E-state index contributed by atoms with van der Waals surface area (Å²) in [6.07, 6.45) is 0.821. The van der Waals surface area contributed by atoms with E-state index in [2.05, 4.69) is 28.4 Å². The van der Waals surface area contributed by atoms with Crippen molar-refractivity contribution in [3.63, 3.8) is 0 Å². The predicted octanol–water partition coefficient (Wildman–Crippen LogP) is 2.02. The quantitative estimate of drug-likeness (QED) is 0.816. The average Bonchev–Trinajstić information content (AvgIpc) is 2.56. The van der Waals surface area contributed by atoms with Crippen molar-refractivity contribution >= 4 is 17.5 Å². The van der Waals surface area contributed by atoms with Gasteiger partial charge < -0.3 is 5.73 Å². The zero-order chi connectivity index (χ0) is 9.97. The van der Waals surface area contributed by atoms with Crippen LogP contribution >= 0.6 is 11.5 Å². The summed E-state index contributed by atoms with van der Waals surface area (Å²) in [4.78, 5) is 4.13. The van der Waals surface area contributed by atoms with Gasteiger partial charge in [-0.25, -0.2) is 4.98 Å². The fourth-order valence-corrected chi connectivity index (χ4v) is 1.91. The molecule has 1 aromatic carbocycles. The minimum Gasteiger partial charge on any atom is -0.367 e. The summed E-state index contributed by atoms with van der Waals surface area (Å²) in [7, 11) is 0. The lowest BCUT2D eigenvalue weighted by Crippen LogP contribution is -1.92. The number of aromatic nitrogens is 2.